The first-order valence-electron chi connectivity index (χ1n) is 5.04. The van der Waals surface area contributed by atoms with Gasteiger partial charge in [0.05, 0.1) is 23.1 Å². The predicted octanol–water partition coefficient (Wildman–Crippen LogP) is 2.66. The monoisotopic (exact) mass is 357 g/mol. The summed E-state index contributed by atoms with van der Waals surface area (Å²) in [5.41, 5.74) is 6.93. The molecule has 3 N–H and O–H groups in total. The van der Waals surface area contributed by atoms with Crippen molar-refractivity contribution in [2.75, 3.05) is 11.1 Å². The minimum absolute atomic E-state index is 0.336. The van der Waals surface area contributed by atoms with Gasteiger partial charge in [0.2, 0.25) is 0 Å². The van der Waals surface area contributed by atoms with Gasteiger partial charge in [-0.3, -0.25) is 9.78 Å². The molecule has 2 rings (SSSR count). The smallest absolute Gasteiger partial charge is 0.256 e. The number of pyridine rings is 1. The summed E-state index contributed by atoms with van der Waals surface area (Å²) in [6.07, 6.45) is 2.98. The molecule has 6 heteroatoms. The molecule has 0 aliphatic carbocycles. The molecule has 1 amide bonds. The van der Waals surface area contributed by atoms with Gasteiger partial charge < -0.3 is 11.1 Å². The number of nitrogen functional groups attached to an aromatic ring is 1. The van der Waals surface area contributed by atoms with E-state index in [4.69, 9.17) is 5.73 Å². The zero-order chi connectivity index (χ0) is 13.1. The highest BCUT2D eigenvalue weighted by Crippen LogP contribution is 2.19. The van der Waals surface area contributed by atoms with Crippen molar-refractivity contribution in [1.82, 2.24) is 4.98 Å². The van der Waals surface area contributed by atoms with E-state index in [1.807, 2.05) is 22.6 Å². The maximum absolute atomic E-state index is 12.9. The molecular formula is C12H9FIN3O. The molecule has 0 unspecified atom stereocenters. The summed E-state index contributed by atoms with van der Waals surface area (Å²) in [5.74, 6) is -0.711. The van der Waals surface area contributed by atoms with Gasteiger partial charge in [0.15, 0.2) is 0 Å². The number of nitrogens with two attached hydrogens (primary N) is 1. The largest absolute Gasteiger partial charge is 0.396 e. The lowest BCUT2D eigenvalue weighted by Crippen LogP contribution is -2.14. The van der Waals surface area contributed by atoms with E-state index in [0.717, 1.165) is 0 Å². The summed E-state index contributed by atoms with van der Waals surface area (Å²) in [6, 6.07) is 5.58. The van der Waals surface area contributed by atoms with Gasteiger partial charge in [-0.25, -0.2) is 4.39 Å². The van der Waals surface area contributed by atoms with Crippen LogP contribution in [0.1, 0.15) is 10.4 Å². The second-order valence-corrected chi connectivity index (χ2v) is 4.70. The van der Waals surface area contributed by atoms with Crippen molar-refractivity contribution >= 4 is 39.9 Å². The van der Waals surface area contributed by atoms with Crippen LogP contribution in [-0.2, 0) is 0 Å². The van der Waals surface area contributed by atoms with Crippen LogP contribution in [0.25, 0.3) is 0 Å². The molecule has 1 aromatic carbocycles. The summed E-state index contributed by atoms with van der Waals surface area (Å²) in [6.45, 7) is 0. The van der Waals surface area contributed by atoms with Crippen molar-refractivity contribution in [2.45, 2.75) is 0 Å². The molecule has 1 heterocycles. The zero-order valence-electron chi connectivity index (χ0n) is 9.15. The third-order valence-corrected chi connectivity index (χ3v) is 3.17. The number of carbonyl (C=O) groups excluding carboxylic acids is 1. The van der Waals surface area contributed by atoms with Crippen molar-refractivity contribution in [3.8, 4) is 0 Å². The molecule has 0 atom stereocenters. The first-order valence-corrected chi connectivity index (χ1v) is 6.11. The summed E-state index contributed by atoms with van der Waals surface area (Å²) < 4.78 is 13.5. The van der Waals surface area contributed by atoms with Crippen LogP contribution in [0.2, 0.25) is 0 Å². The fourth-order valence-corrected chi connectivity index (χ4v) is 2.11. The van der Waals surface area contributed by atoms with Crippen LogP contribution in [0.5, 0.6) is 0 Å². The molecular weight excluding hydrogens is 348 g/mol. The fourth-order valence-electron chi connectivity index (χ4n) is 1.38. The maximum atomic E-state index is 12.9. The van der Waals surface area contributed by atoms with Gasteiger partial charge in [-0.1, -0.05) is 0 Å². The van der Waals surface area contributed by atoms with Gasteiger partial charge in [0, 0.05) is 9.77 Å². The van der Waals surface area contributed by atoms with Gasteiger partial charge >= 0.3 is 0 Å². The van der Waals surface area contributed by atoms with Crippen molar-refractivity contribution in [3.63, 3.8) is 0 Å². The van der Waals surface area contributed by atoms with Crippen molar-refractivity contribution in [3.05, 3.63) is 51.6 Å². The van der Waals surface area contributed by atoms with E-state index in [2.05, 4.69) is 10.3 Å². The average Bonchev–Trinajstić information content (AvgIpc) is 2.32. The Morgan fingerprint density at radius 3 is 2.83 bits per heavy atom. The number of nitrogens with one attached hydrogen (secondary N) is 1. The van der Waals surface area contributed by atoms with E-state index in [9.17, 15) is 9.18 Å². The molecule has 0 radical (unpaired) electrons. The van der Waals surface area contributed by atoms with E-state index in [-0.39, 0.29) is 11.7 Å². The van der Waals surface area contributed by atoms with E-state index in [1.165, 1.54) is 30.6 Å². The number of halogens is 2. The van der Waals surface area contributed by atoms with Gasteiger partial charge in [-0.2, -0.15) is 0 Å². The molecule has 18 heavy (non-hydrogen) atoms. The number of nitrogens with zero attached hydrogens (tertiary/aromatic N) is 1. The van der Waals surface area contributed by atoms with E-state index in [1.54, 1.807) is 6.07 Å². The lowest BCUT2D eigenvalue weighted by atomic mass is 10.2. The average molecular weight is 357 g/mol. The highest BCUT2D eigenvalue weighted by Gasteiger charge is 2.12. The lowest BCUT2D eigenvalue weighted by Gasteiger charge is -2.08. The second-order valence-electron chi connectivity index (χ2n) is 3.54. The first kappa shape index (κ1) is 12.7. The lowest BCUT2D eigenvalue weighted by molar-refractivity contribution is 0.102. The van der Waals surface area contributed by atoms with E-state index in [0.29, 0.717) is 20.5 Å². The fraction of sp³-hybridized carbons (Fsp3) is 0. The molecule has 0 spiro atoms. The Morgan fingerprint density at radius 1 is 1.39 bits per heavy atom. The molecule has 1 aromatic heterocycles. The number of carbonyl (C=O) groups is 1. The Kier molecular flexibility index (Phi) is 3.75. The Hall–Kier alpha value is -1.70. The Bertz CT molecular complexity index is 604. The number of amides is 1. The Balaban J connectivity index is 2.25. The van der Waals surface area contributed by atoms with Gasteiger partial charge in [0.1, 0.15) is 5.82 Å². The maximum Gasteiger partial charge on any atom is 0.256 e. The number of hydrogen-bond donors (Lipinski definition) is 2. The molecule has 0 fully saturated rings. The van der Waals surface area contributed by atoms with Crippen LogP contribution in [0.15, 0.2) is 36.7 Å². The minimum Gasteiger partial charge on any atom is -0.396 e. The highest BCUT2D eigenvalue weighted by atomic mass is 127. The molecule has 4 nitrogen and oxygen atoms in total. The van der Waals surface area contributed by atoms with Gasteiger partial charge in [0.25, 0.3) is 5.91 Å². The van der Waals surface area contributed by atoms with Crippen LogP contribution in [-0.4, -0.2) is 10.9 Å². The molecule has 2 aromatic rings. The molecule has 92 valence electrons. The van der Waals surface area contributed by atoms with Crippen LogP contribution >= 0.6 is 22.6 Å². The SMILES string of the molecule is Nc1cnccc1NC(=O)c1ccc(F)cc1I. The number of aromatic nitrogens is 1. The summed E-state index contributed by atoms with van der Waals surface area (Å²) in [5, 5.41) is 2.66. The predicted molar refractivity (Wildman–Crippen MR) is 75.7 cm³/mol. The number of hydrogen-bond acceptors (Lipinski definition) is 3. The van der Waals surface area contributed by atoms with Crippen molar-refractivity contribution in [1.29, 1.82) is 0 Å². The first-order chi connectivity index (χ1) is 8.58. The van der Waals surface area contributed by atoms with Crippen molar-refractivity contribution in [2.24, 2.45) is 0 Å². The Labute approximate surface area is 117 Å². The summed E-state index contributed by atoms with van der Waals surface area (Å²) in [7, 11) is 0. The van der Waals surface area contributed by atoms with Crippen LogP contribution in [0.3, 0.4) is 0 Å². The molecule has 0 aliphatic rings. The number of rotatable bonds is 2. The zero-order valence-corrected chi connectivity index (χ0v) is 11.3. The third-order valence-electron chi connectivity index (χ3n) is 2.28. The van der Waals surface area contributed by atoms with Crippen LogP contribution < -0.4 is 11.1 Å². The van der Waals surface area contributed by atoms with Crippen LogP contribution in [0, 0.1) is 9.39 Å². The standard InChI is InChI=1S/C12H9FIN3O/c13-7-1-2-8(9(14)5-7)12(18)17-11-3-4-16-6-10(11)15/h1-6H,15H2,(H,16,17,18). The number of anilines is 2. The van der Waals surface area contributed by atoms with E-state index >= 15 is 0 Å². The van der Waals surface area contributed by atoms with Crippen LogP contribution in [0.4, 0.5) is 15.8 Å². The summed E-state index contributed by atoms with van der Waals surface area (Å²) >= 11 is 1.91. The number of benzene rings is 1. The third kappa shape index (κ3) is 2.76. The topological polar surface area (TPSA) is 68.0 Å². The minimum atomic E-state index is -0.376. The highest BCUT2D eigenvalue weighted by molar-refractivity contribution is 14.1. The molecule has 0 bridgehead atoms. The Morgan fingerprint density at radius 2 is 2.17 bits per heavy atom. The quantitative estimate of drug-likeness (QED) is 0.813. The summed E-state index contributed by atoms with van der Waals surface area (Å²) in [4.78, 5) is 15.8. The van der Waals surface area contributed by atoms with Gasteiger partial charge in [-0.05, 0) is 46.9 Å². The van der Waals surface area contributed by atoms with Gasteiger partial charge in [-0.15, -0.1) is 0 Å². The normalized spacial score (nSPS) is 10.1. The van der Waals surface area contributed by atoms with E-state index < -0.39 is 0 Å². The second kappa shape index (κ2) is 5.30. The molecule has 0 aliphatic heterocycles. The van der Waals surface area contributed by atoms with Crippen molar-refractivity contribution < 1.29 is 9.18 Å². The molecule has 0 saturated carbocycles. The molecule has 0 saturated heterocycles.